The van der Waals surface area contributed by atoms with E-state index in [1.165, 1.54) is 11.1 Å². The first kappa shape index (κ1) is 10.5. The molecule has 1 atom stereocenters. The standard InChI is InChI=1S/C14H15FN2/c15-13-4-3-11-2-1-10(5-12(11)7-13)6-14-8-16-9-17-14/h3-5,7,9,14H,1-2,6,8H2,(H,16,17)/t14-/m1/s1. The molecule has 1 aliphatic carbocycles. The molecule has 0 radical (unpaired) electrons. The van der Waals surface area contributed by atoms with Crippen LogP contribution in [0.3, 0.4) is 0 Å². The molecular weight excluding hydrogens is 215 g/mol. The summed E-state index contributed by atoms with van der Waals surface area (Å²) in [5.74, 6) is -0.149. The van der Waals surface area contributed by atoms with Gasteiger partial charge in [-0.1, -0.05) is 17.7 Å². The predicted molar refractivity (Wildman–Crippen MR) is 67.6 cm³/mol. The molecule has 2 aliphatic rings. The highest BCUT2D eigenvalue weighted by atomic mass is 19.1. The van der Waals surface area contributed by atoms with Crippen LogP contribution in [0, 0.1) is 5.82 Å². The highest BCUT2D eigenvalue weighted by molar-refractivity contribution is 5.61. The van der Waals surface area contributed by atoms with Crippen LogP contribution >= 0.6 is 0 Å². The van der Waals surface area contributed by atoms with Gasteiger partial charge in [-0.05, 0) is 42.5 Å². The first-order valence-corrected chi connectivity index (χ1v) is 6.03. The second-order valence-corrected chi connectivity index (χ2v) is 4.71. The lowest BCUT2D eigenvalue weighted by Crippen LogP contribution is -2.25. The third kappa shape index (κ3) is 2.23. The molecule has 0 unspecified atom stereocenters. The number of nitrogens with one attached hydrogen (secondary N) is 1. The molecule has 88 valence electrons. The first-order chi connectivity index (χ1) is 8.31. The van der Waals surface area contributed by atoms with E-state index in [4.69, 9.17) is 0 Å². The Hall–Kier alpha value is -1.64. The number of hydrogen-bond donors (Lipinski definition) is 1. The van der Waals surface area contributed by atoms with Gasteiger partial charge < -0.3 is 5.32 Å². The summed E-state index contributed by atoms with van der Waals surface area (Å²) in [5.41, 5.74) is 3.70. The van der Waals surface area contributed by atoms with Gasteiger partial charge in [-0.3, -0.25) is 4.99 Å². The maximum Gasteiger partial charge on any atom is 0.123 e. The van der Waals surface area contributed by atoms with Crippen LogP contribution < -0.4 is 5.32 Å². The average molecular weight is 230 g/mol. The lowest BCUT2D eigenvalue weighted by Gasteiger charge is -2.19. The Morgan fingerprint density at radius 2 is 2.29 bits per heavy atom. The van der Waals surface area contributed by atoms with E-state index in [0.717, 1.165) is 31.4 Å². The van der Waals surface area contributed by atoms with E-state index in [1.807, 2.05) is 6.07 Å². The molecule has 1 aromatic rings. The largest absolute Gasteiger partial charge is 0.372 e. The minimum atomic E-state index is -0.149. The highest BCUT2D eigenvalue weighted by Gasteiger charge is 2.16. The molecule has 0 fully saturated rings. The van der Waals surface area contributed by atoms with Crippen LogP contribution in [0.1, 0.15) is 24.0 Å². The normalized spacial score (nSPS) is 21.9. The van der Waals surface area contributed by atoms with Crippen molar-refractivity contribution in [2.24, 2.45) is 4.99 Å². The Kier molecular flexibility index (Phi) is 2.67. The molecule has 1 heterocycles. The van der Waals surface area contributed by atoms with E-state index in [-0.39, 0.29) is 5.82 Å². The lowest BCUT2D eigenvalue weighted by atomic mass is 9.89. The fourth-order valence-electron chi connectivity index (χ4n) is 2.51. The van der Waals surface area contributed by atoms with Gasteiger partial charge in [0.2, 0.25) is 0 Å². The van der Waals surface area contributed by atoms with Crippen LogP contribution in [0.25, 0.3) is 6.08 Å². The second-order valence-electron chi connectivity index (χ2n) is 4.71. The fraction of sp³-hybridized carbons (Fsp3) is 0.357. The van der Waals surface area contributed by atoms with E-state index >= 15 is 0 Å². The summed E-state index contributed by atoms with van der Waals surface area (Å²) in [6.07, 6.45) is 7.03. The van der Waals surface area contributed by atoms with Gasteiger partial charge in [-0.2, -0.15) is 0 Å². The van der Waals surface area contributed by atoms with Crippen molar-refractivity contribution < 1.29 is 4.39 Å². The van der Waals surface area contributed by atoms with E-state index in [1.54, 1.807) is 18.5 Å². The summed E-state index contributed by atoms with van der Waals surface area (Å²) in [7, 11) is 0. The zero-order valence-corrected chi connectivity index (χ0v) is 9.62. The highest BCUT2D eigenvalue weighted by Crippen LogP contribution is 2.27. The van der Waals surface area contributed by atoms with Gasteiger partial charge >= 0.3 is 0 Å². The van der Waals surface area contributed by atoms with Gasteiger partial charge in [-0.25, -0.2) is 4.39 Å². The molecule has 3 rings (SSSR count). The SMILES string of the molecule is Fc1ccc2c(c1)C=C(C[C@@H]1CN=CN1)CC2. The molecular formula is C14H15FN2. The summed E-state index contributed by atoms with van der Waals surface area (Å²) in [6.45, 7) is 0.855. The van der Waals surface area contributed by atoms with E-state index < -0.39 is 0 Å². The Morgan fingerprint density at radius 3 is 3.12 bits per heavy atom. The molecule has 0 bridgehead atoms. The summed E-state index contributed by atoms with van der Waals surface area (Å²) in [6, 6.07) is 5.50. The van der Waals surface area contributed by atoms with Gasteiger partial charge in [0.1, 0.15) is 5.82 Å². The molecule has 0 aromatic heterocycles. The fourth-order valence-corrected chi connectivity index (χ4v) is 2.51. The monoisotopic (exact) mass is 230 g/mol. The van der Waals surface area contributed by atoms with Crippen LogP contribution in [-0.4, -0.2) is 18.9 Å². The number of benzene rings is 1. The predicted octanol–water partition coefficient (Wildman–Crippen LogP) is 2.55. The van der Waals surface area contributed by atoms with Crippen LogP contribution in [0.15, 0.2) is 28.8 Å². The number of aliphatic imine (C=N–C) groups is 1. The quantitative estimate of drug-likeness (QED) is 0.829. The molecule has 3 heteroatoms. The summed E-state index contributed by atoms with van der Waals surface area (Å²) < 4.78 is 13.2. The van der Waals surface area contributed by atoms with Crippen molar-refractivity contribution in [1.82, 2.24) is 5.32 Å². The average Bonchev–Trinajstić information content (AvgIpc) is 2.81. The van der Waals surface area contributed by atoms with Crippen LogP contribution in [0.5, 0.6) is 0 Å². The molecule has 0 saturated carbocycles. The van der Waals surface area contributed by atoms with Crippen LogP contribution in [0.4, 0.5) is 4.39 Å². The van der Waals surface area contributed by atoms with Crippen molar-refractivity contribution in [2.45, 2.75) is 25.3 Å². The molecule has 17 heavy (non-hydrogen) atoms. The number of halogens is 1. The Balaban J connectivity index is 1.79. The smallest absolute Gasteiger partial charge is 0.123 e. The van der Waals surface area contributed by atoms with Gasteiger partial charge in [0, 0.05) is 0 Å². The maximum atomic E-state index is 13.2. The lowest BCUT2D eigenvalue weighted by molar-refractivity contribution is 0.623. The van der Waals surface area contributed by atoms with Gasteiger partial charge in [0.25, 0.3) is 0 Å². The molecule has 1 aliphatic heterocycles. The van der Waals surface area contributed by atoms with Crippen molar-refractivity contribution in [2.75, 3.05) is 6.54 Å². The third-order valence-corrected chi connectivity index (χ3v) is 3.42. The molecule has 0 amide bonds. The summed E-state index contributed by atoms with van der Waals surface area (Å²) in [4.78, 5) is 4.17. The third-order valence-electron chi connectivity index (χ3n) is 3.42. The van der Waals surface area contributed by atoms with Crippen molar-refractivity contribution in [3.05, 3.63) is 40.7 Å². The molecule has 1 N–H and O–H groups in total. The first-order valence-electron chi connectivity index (χ1n) is 6.03. The topological polar surface area (TPSA) is 24.4 Å². The van der Waals surface area contributed by atoms with E-state index in [2.05, 4.69) is 16.4 Å². The van der Waals surface area contributed by atoms with Crippen molar-refractivity contribution in [1.29, 1.82) is 0 Å². The van der Waals surface area contributed by atoms with Gasteiger partial charge in [0.05, 0.1) is 18.9 Å². The van der Waals surface area contributed by atoms with Crippen molar-refractivity contribution in [3.63, 3.8) is 0 Å². The number of hydrogen-bond acceptors (Lipinski definition) is 2. The Bertz CT molecular complexity index is 483. The molecule has 0 spiro atoms. The number of rotatable bonds is 2. The number of aryl methyl sites for hydroxylation is 1. The van der Waals surface area contributed by atoms with Gasteiger partial charge in [0.15, 0.2) is 0 Å². The molecule has 0 saturated heterocycles. The Labute approximate surface area is 100 Å². The summed E-state index contributed by atoms with van der Waals surface area (Å²) in [5, 5.41) is 3.23. The molecule has 2 nitrogen and oxygen atoms in total. The zero-order valence-electron chi connectivity index (χ0n) is 9.62. The van der Waals surface area contributed by atoms with Crippen LogP contribution in [0.2, 0.25) is 0 Å². The zero-order chi connectivity index (χ0) is 11.7. The number of nitrogens with zero attached hydrogens (tertiary/aromatic N) is 1. The van der Waals surface area contributed by atoms with Crippen molar-refractivity contribution >= 4 is 12.4 Å². The van der Waals surface area contributed by atoms with Gasteiger partial charge in [-0.15, -0.1) is 0 Å². The van der Waals surface area contributed by atoms with Crippen molar-refractivity contribution in [3.8, 4) is 0 Å². The minimum Gasteiger partial charge on any atom is -0.372 e. The minimum absolute atomic E-state index is 0.149. The maximum absolute atomic E-state index is 13.2. The van der Waals surface area contributed by atoms with E-state index in [9.17, 15) is 4.39 Å². The van der Waals surface area contributed by atoms with E-state index in [0.29, 0.717) is 6.04 Å². The second kappa shape index (κ2) is 4.32. The van der Waals surface area contributed by atoms with Crippen LogP contribution in [-0.2, 0) is 6.42 Å². The molecule has 1 aromatic carbocycles. The number of fused-ring (bicyclic) bond motifs is 1. The Morgan fingerprint density at radius 1 is 1.35 bits per heavy atom. The summed E-state index contributed by atoms with van der Waals surface area (Å²) >= 11 is 0.